The highest BCUT2D eigenvalue weighted by atomic mass is 16.5. The van der Waals surface area contributed by atoms with Crippen LogP contribution in [0.5, 0.6) is 5.75 Å². The Balaban J connectivity index is 1.76. The van der Waals surface area contributed by atoms with Crippen molar-refractivity contribution in [1.29, 1.82) is 0 Å². The maximum absolute atomic E-state index is 12.0. The molecule has 1 fully saturated rings. The molecule has 0 bridgehead atoms. The molecule has 1 saturated carbocycles. The maximum Gasteiger partial charge on any atom is 0.338 e. The fourth-order valence-electron chi connectivity index (χ4n) is 2.90. The van der Waals surface area contributed by atoms with Gasteiger partial charge in [-0.2, -0.15) is 0 Å². The van der Waals surface area contributed by atoms with E-state index in [0.29, 0.717) is 18.1 Å². The van der Waals surface area contributed by atoms with Gasteiger partial charge < -0.3 is 14.8 Å². The first-order chi connectivity index (χ1) is 11.6. The van der Waals surface area contributed by atoms with Crippen molar-refractivity contribution in [1.82, 2.24) is 5.32 Å². The molecule has 0 heterocycles. The number of rotatable bonds is 7. The zero-order valence-electron chi connectivity index (χ0n) is 14.5. The van der Waals surface area contributed by atoms with Gasteiger partial charge in [-0.3, -0.25) is 4.79 Å². The molecule has 2 rings (SSSR count). The van der Waals surface area contributed by atoms with Crippen LogP contribution in [0.4, 0.5) is 0 Å². The summed E-state index contributed by atoms with van der Waals surface area (Å²) in [5.41, 5.74) is 0.415. The van der Waals surface area contributed by atoms with Crippen LogP contribution in [0.2, 0.25) is 0 Å². The molecule has 1 amide bonds. The highest BCUT2D eigenvalue weighted by molar-refractivity contribution is 5.91. The summed E-state index contributed by atoms with van der Waals surface area (Å²) in [7, 11) is 0. The number of nitrogens with one attached hydrogen (secondary N) is 1. The summed E-state index contributed by atoms with van der Waals surface area (Å²) >= 11 is 0. The number of carbonyl (C=O) groups excluding carboxylic acids is 2. The Bertz CT molecular complexity index is 541. The number of esters is 1. The first-order valence-electron chi connectivity index (χ1n) is 8.79. The second-order valence-electron chi connectivity index (χ2n) is 6.38. The summed E-state index contributed by atoms with van der Waals surface area (Å²) in [6.45, 7) is 4.59. The first kappa shape index (κ1) is 18.3. The molecule has 1 aliphatic rings. The minimum absolute atomic E-state index is 0.194. The van der Waals surface area contributed by atoms with E-state index >= 15 is 0 Å². The second kappa shape index (κ2) is 9.30. The van der Waals surface area contributed by atoms with Gasteiger partial charge in [0.05, 0.1) is 12.2 Å². The van der Waals surface area contributed by atoms with Gasteiger partial charge in [-0.1, -0.05) is 26.7 Å². The van der Waals surface area contributed by atoms with Crippen LogP contribution in [0, 0.1) is 5.92 Å². The van der Waals surface area contributed by atoms with E-state index in [0.717, 1.165) is 31.4 Å². The number of hydrogen-bond acceptors (Lipinski definition) is 4. The third kappa shape index (κ3) is 5.55. The average Bonchev–Trinajstić information content (AvgIpc) is 2.60. The van der Waals surface area contributed by atoms with Gasteiger partial charge in [0.15, 0.2) is 6.61 Å². The summed E-state index contributed by atoms with van der Waals surface area (Å²) in [6, 6.07) is 6.95. The smallest absolute Gasteiger partial charge is 0.338 e. The Morgan fingerprint density at radius 1 is 1.17 bits per heavy atom. The van der Waals surface area contributed by atoms with E-state index in [1.807, 2.05) is 6.92 Å². The third-order valence-electron chi connectivity index (χ3n) is 4.36. The van der Waals surface area contributed by atoms with Gasteiger partial charge in [-0.05, 0) is 49.4 Å². The van der Waals surface area contributed by atoms with Gasteiger partial charge in [-0.15, -0.1) is 0 Å². The fraction of sp³-hybridized carbons (Fsp3) is 0.579. The minimum atomic E-state index is -0.496. The van der Waals surface area contributed by atoms with Crippen LogP contribution in [-0.4, -0.2) is 31.1 Å². The number of benzene rings is 1. The van der Waals surface area contributed by atoms with Gasteiger partial charge in [0.2, 0.25) is 0 Å². The van der Waals surface area contributed by atoms with E-state index in [1.54, 1.807) is 24.3 Å². The van der Waals surface area contributed by atoms with Crippen LogP contribution in [-0.2, 0) is 9.53 Å². The molecule has 1 aliphatic carbocycles. The van der Waals surface area contributed by atoms with Crippen molar-refractivity contribution < 1.29 is 19.1 Å². The van der Waals surface area contributed by atoms with Crippen molar-refractivity contribution in [2.75, 3.05) is 13.2 Å². The van der Waals surface area contributed by atoms with E-state index in [1.165, 1.54) is 6.42 Å². The molecule has 1 aromatic carbocycles. The Labute approximate surface area is 143 Å². The fourth-order valence-corrected chi connectivity index (χ4v) is 2.90. The lowest BCUT2D eigenvalue weighted by molar-refractivity contribution is -0.125. The Morgan fingerprint density at radius 2 is 1.88 bits per heavy atom. The van der Waals surface area contributed by atoms with E-state index in [-0.39, 0.29) is 18.6 Å². The monoisotopic (exact) mass is 333 g/mol. The van der Waals surface area contributed by atoms with Crippen LogP contribution in [0.3, 0.4) is 0 Å². The molecule has 1 N–H and O–H groups in total. The molecule has 0 saturated heterocycles. The second-order valence-corrected chi connectivity index (χ2v) is 6.38. The molecule has 0 aromatic heterocycles. The third-order valence-corrected chi connectivity index (χ3v) is 4.36. The minimum Gasteiger partial charge on any atom is -0.494 e. The topological polar surface area (TPSA) is 64.6 Å². The number of hydrogen-bond donors (Lipinski definition) is 1. The Hall–Kier alpha value is -2.04. The van der Waals surface area contributed by atoms with Crippen LogP contribution in [0.25, 0.3) is 0 Å². The van der Waals surface area contributed by atoms with Crippen molar-refractivity contribution in [2.45, 2.75) is 52.0 Å². The maximum atomic E-state index is 12.0. The molecule has 5 heteroatoms. The molecule has 0 radical (unpaired) electrons. The van der Waals surface area contributed by atoms with Crippen LogP contribution < -0.4 is 10.1 Å². The summed E-state index contributed by atoms with van der Waals surface area (Å²) in [5.74, 6) is 0.473. The largest absolute Gasteiger partial charge is 0.494 e. The highest BCUT2D eigenvalue weighted by Crippen LogP contribution is 2.23. The van der Waals surface area contributed by atoms with Crippen molar-refractivity contribution in [2.24, 2.45) is 5.92 Å². The van der Waals surface area contributed by atoms with Crippen molar-refractivity contribution in [3.05, 3.63) is 29.8 Å². The summed E-state index contributed by atoms with van der Waals surface area (Å²) in [4.78, 5) is 23.9. The zero-order valence-corrected chi connectivity index (χ0v) is 14.5. The number of ether oxygens (including phenoxy) is 2. The van der Waals surface area contributed by atoms with Gasteiger partial charge in [0, 0.05) is 6.04 Å². The summed E-state index contributed by atoms with van der Waals surface area (Å²) in [5, 5.41) is 2.97. The molecule has 0 spiro atoms. The van der Waals surface area contributed by atoms with Crippen molar-refractivity contribution >= 4 is 11.9 Å². The lowest BCUT2D eigenvalue weighted by Crippen LogP contribution is -2.42. The van der Waals surface area contributed by atoms with E-state index in [9.17, 15) is 9.59 Å². The molecule has 24 heavy (non-hydrogen) atoms. The van der Waals surface area contributed by atoms with Crippen LogP contribution in [0.15, 0.2) is 24.3 Å². The molecule has 2 unspecified atom stereocenters. The normalized spacial score (nSPS) is 20.2. The summed E-state index contributed by atoms with van der Waals surface area (Å²) < 4.78 is 10.6. The molecule has 0 aliphatic heterocycles. The zero-order chi connectivity index (χ0) is 17.4. The first-order valence-corrected chi connectivity index (χ1v) is 8.79. The van der Waals surface area contributed by atoms with Crippen molar-refractivity contribution in [3.8, 4) is 5.75 Å². The molecular formula is C19H27NO4. The highest BCUT2D eigenvalue weighted by Gasteiger charge is 2.23. The Morgan fingerprint density at radius 3 is 2.54 bits per heavy atom. The standard InChI is InChI=1S/C19H27NO4/c1-3-12-23-16-10-8-15(9-11-16)19(22)24-13-18(21)20-17-7-5-4-6-14(17)2/h8-11,14,17H,3-7,12-13H2,1-2H3,(H,20,21). The molecule has 1 aromatic rings. The number of amides is 1. The van der Waals surface area contributed by atoms with Gasteiger partial charge in [0.1, 0.15) is 5.75 Å². The lowest BCUT2D eigenvalue weighted by Gasteiger charge is -2.29. The van der Waals surface area contributed by atoms with E-state index in [2.05, 4.69) is 12.2 Å². The Kier molecular flexibility index (Phi) is 7.09. The SMILES string of the molecule is CCCOc1ccc(C(=O)OCC(=O)NC2CCCCC2C)cc1. The van der Waals surface area contributed by atoms with Crippen LogP contribution >= 0.6 is 0 Å². The van der Waals surface area contributed by atoms with Gasteiger partial charge in [0.25, 0.3) is 5.91 Å². The van der Waals surface area contributed by atoms with Gasteiger partial charge >= 0.3 is 5.97 Å². The molecule has 2 atom stereocenters. The number of carbonyl (C=O) groups is 2. The van der Waals surface area contributed by atoms with E-state index in [4.69, 9.17) is 9.47 Å². The average molecular weight is 333 g/mol. The quantitative estimate of drug-likeness (QED) is 0.777. The lowest BCUT2D eigenvalue weighted by atomic mass is 9.86. The van der Waals surface area contributed by atoms with Crippen LogP contribution in [0.1, 0.15) is 56.3 Å². The predicted molar refractivity (Wildman–Crippen MR) is 92.1 cm³/mol. The van der Waals surface area contributed by atoms with Crippen molar-refractivity contribution in [3.63, 3.8) is 0 Å². The van der Waals surface area contributed by atoms with Gasteiger partial charge in [-0.25, -0.2) is 4.79 Å². The molecule has 132 valence electrons. The summed E-state index contributed by atoms with van der Waals surface area (Å²) in [6.07, 6.45) is 5.43. The predicted octanol–water partition coefficient (Wildman–Crippen LogP) is 3.33. The van der Waals surface area contributed by atoms with E-state index < -0.39 is 5.97 Å². The molecule has 5 nitrogen and oxygen atoms in total. The molecular weight excluding hydrogens is 306 g/mol.